The molecule has 9 heteroatoms. The van der Waals surface area contributed by atoms with Crippen molar-refractivity contribution in [2.75, 3.05) is 11.2 Å². The largest absolute Gasteiger partial charge is 0.384 e. The van der Waals surface area contributed by atoms with E-state index in [9.17, 15) is 10.1 Å². The SMILES string of the molecule is CSc1nnc(N2C(N)=C(C#N)C(c3ccccc3Cl)C3=C2CC(C)(C)CC3=O)s1. The van der Waals surface area contributed by atoms with Crippen molar-refractivity contribution in [1.82, 2.24) is 10.2 Å². The first-order valence-electron chi connectivity index (χ1n) is 9.35. The fraction of sp³-hybridized carbons (Fsp3) is 0.333. The second-order valence-corrected chi connectivity index (χ2v) is 10.5. The minimum Gasteiger partial charge on any atom is -0.384 e. The fourth-order valence-corrected chi connectivity index (χ4v) is 5.67. The second kappa shape index (κ2) is 7.73. The molecule has 1 aromatic carbocycles. The van der Waals surface area contributed by atoms with E-state index in [4.69, 9.17) is 17.3 Å². The van der Waals surface area contributed by atoms with Crippen molar-refractivity contribution in [3.63, 3.8) is 0 Å². The van der Waals surface area contributed by atoms with Gasteiger partial charge in [0.1, 0.15) is 5.82 Å². The van der Waals surface area contributed by atoms with Gasteiger partial charge in [0.15, 0.2) is 10.1 Å². The summed E-state index contributed by atoms with van der Waals surface area (Å²) in [6, 6.07) is 9.54. The fourth-order valence-electron chi connectivity index (χ4n) is 4.12. The first kappa shape index (κ1) is 20.9. The van der Waals surface area contributed by atoms with Crippen molar-refractivity contribution in [2.45, 2.75) is 36.9 Å². The summed E-state index contributed by atoms with van der Waals surface area (Å²) in [4.78, 5) is 15.2. The van der Waals surface area contributed by atoms with Crippen LogP contribution < -0.4 is 10.6 Å². The van der Waals surface area contributed by atoms with Gasteiger partial charge < -0.3 is 5.73 Å². The van der Waals surface area contributed by atoms with Crippen LogP contribution in [0.1, 0.15) is 38.2 Å². The minimum absolute atomic E-state index is 0.00558. The molecular formula is C21H20ClN5OS2. The number of anilines is 1. The lowest BCUT2D eigenvalue weighted by atomic mass is 9.68. The smallest absolute Gasteiger partial charge is 0.219 e. The predicted molar refractivity (Wildman–Crippen MR) is 120 cm³/mol. The van der Waals surface area contributed by atoms with Gasteiger partial charge in [-0.15, -0.1) is 10.2 Å². The average Bonchev–Trinajstić information content (AvgIpc) is 3.15. The molecule has 0 saturated heterocycles. The van der Waals surface area contributed by atoms with E-state index in [-0.39, 0.29) is 17.0 Å². The highest BCUT2D eigenvalue weighted by molar-refractivity contribution is 8.00. The van der Waals surface area contributed by atoms with Crippen molar-refractivity contribution in [2.24, 2.45) is 11.1 Å². The summed E-state index contributed by atoms with van der Waals surface area (Å²) >= 11 is 9.37. The zero-order valence-electron chi connectivity index (χ0n) is 16.8. The molecule has 4 rings (SSSR count). The van der Waals surface area contributed by atoms with E-state index >= 15 is 0 Å². The predicted octanol–water partition coefficient (Wildman–Crippen LogP) is 4.85. The van der Waals surface area contributed by atoms with Crippen LogP contribution in [0, 0.1) is 16.7 Å². The first-order chi connectivity index (χ1) is 14.3. The summed E-state index contributed by atoms with van der Waals surface area (Å²) < 4.78 is 0.785. The van der Waals surface area contributed by atoms with Crippen molar-refractivity contribution in [3.8, 4) is 6.07 Å². The lowest BCUT2D eigenvalue weighted by Crippen LogP contribution is -2.42. The zero-order valence-corrected chi connectivity index (χ0v) is 19.2. The number of Topliss-reactive ketones (excluding diaryl/α,β-unsaturated/α-hetero) is 1. The van der Waals surface area contributed by atoms with E-state index in [1.54, 1.807) is 11.0 Å². The van der Waals surface area contributed by atoms with Crippen LogP contribution in [0.2, 0.25) is 5.02 Å². The molecule has 0 spiro atoms. The summed E-state index contributed by atoms with van der Waals surface area (Å²) in [6.45, 7) is 4.12. The van der Waals surface area contributed by atoms with Gasteiger partial charge >= 0.3 is 0 Å². The molecular weight excluding hydrogens is 438 g/mol. The molecule has 0 bridgehead atoms. The second-order valence-electron chi connectivity index (χ2n) is 8.06. The van der Waals surface area contributed by atoms with Gasteiger partial charge in [-0.3, -0.25) is 9.69 Å². The monoisotopic (exact) mass is 457 g/mol. The number of allylic oxidation sites excluding steroid dienone is 3. The molecule has 1 unspecified atom stereocenters. The maximum absolute atomic E-state index is 13.4. The number of hydrogen-bond acceptors (Lipinski definition) is 8. The third-order valence-electron chi connectivity index (χ3n) is 5.36. The van der Waals surface area contributed by atoms with E-state index in [1.165, 1.54) is 23.1 Å². The average molecular weight is 458 g/mol. The van der Waals surface area contributed by atoms with Crippen molar-refractivity contribution in [1.29, 1.82) is 5.26 Å². The van der Waals surface area contributed by atoms with Crippen LogP contribution in [0.15, 0.2) is 51.3 Å². The summed E-state index contributed by atoms with van der Waals surface area (Å²) in [7, 11) is 0. The maximum atomic E-state index is 13.4. The number of halogens is 1. The van der Waals surface area contributed by atoms with E-state index in [0.29, 0.717) is 39.7 Å². The normalized spacial score (nSPS) is 21.0. The molecule has 2 heterocycles. The number of nitrogens with zero attached hydrogens (tertiary/aromatic N) is 4. The molecule has 154 valence electrons. The minimum atomic E-state index is -0.591. The van der Waals surface area contributed by atoms with Crippen LogP contribution in [0.5, 0.6) is 0 Å². The van der Waals surface area contributed by atoms with Crippen LogP contribution >= 0.6 is 34.7 Å². The molecule has 0 amide bonds. The van der Waals surface area contributed by atoms with Gasteiger partial charge in [0.25, 0.3) is 0 Å². The molecule has 30 heavy (non-hydrogen) atoms. The standard InChI is InChI=1S/C21H20ClN5OS2/c1-21(2)8-14-17(15(28)9-21)16(11-6-4-5-7-13(11)22)12(10-23)18(24)27(14)19-25-26-20(29-3)30-19/h4-7,16H,8-9,24H2,1-3H3. The lowest BCUT2D eigenvalue weighted by molar-refractivity contribution is -0.118. The number of hydrogen-bond donors (Lipinski definition) is 1. The molecule has 1 atom stereocenters. The molecule has 1 aromatic heterocycles. The van der Waals surface area contributed by atoms with Crippen LogP contribution in [-0.2, 0) is 4.79 Å². The summed E-state index contributed by atoms with van der Waals surface area (Å²) in [5.41, 5.74) is 8.69. The molecule has 0 radical (unpaired) electrons. The van der Waals surface area contributed by atoms with Crippen LogP contribution in [0.3, 0.4) is 0 Å². The third kappa shape index (κ3) is 3.41. The summed E-state index contributed by atoms with van der Waals surface area (Å²) in [6.07, 6.45) is 2.94. The van der Waals surface area contributed by atoms with Gasteiger partial charge in [-0.05, 0) is 29.7 Å². The highest BCUT2D eigenvalue weighted by atomic mass is 35.5. The highest BCUT2D eigenvalue weighted by Gasteiger charge is 2.45. The first-order valence-corrected chi connectivity index (χ1v) is 11.8. The number of carbonyl (C=O) groups is 1. The Hall–Kier alpha value is -2.34. The Balaban J connectivity index is 2.00. The van der Waals surface area contributed by atoms with E-state index in [2.05, 4.69) is 30.1 Å². The molecule has 1 aliphatic carbocycles. The highest BCUT2D eigenvalue weighted by Crippen LogP contribution is 2.51. The van der Waals surface area contributed by atoms with Crippen LogP contribution in [0.25, 0.3) is 0 Å². The van der Waals surface area contributed by atoms with Crippen molar-refractivity contribution >= 4 is 45.6 Å². The molecule has 0 saturated carbocycles. The molecule has 0 fully saturated rings. The molecule has 1 aliphatic heterocycles. The summed E-state index contributed by atoms with van der Waals surface area (Å²) in [5, 5.41) is 19.6. The molecule has 2 aliphatic rings. The van der Waals surface area contributed by atoms with Crippen molar-refractivity contribution in [3.05, 3.63) is 57.5 Å². The van der Waals surface area contributed by atoms with Gasteiger partial charge in [0.05, 0.1) is 17.6 Å². The van der Waals surface area contributed by atoms with Crippen LogP contribution in [0.4, 0.5) is 5.13 Å². The van der Waals surface area contributed by atoms with E-state index in [1.807, 2.05) is 24.5 Å². The quantitative estimate of drug-likeness (QED) is 0.657. The molecule has 6 nitrogen and oxygen atoms in total. The van der Waals surface area contributed by atoms with Crippen LogP contribution in [-0.4, -0.2) is 22.2 Å². The van der Waals surface area contributed by atoms with Gasteiger partial charge in [-0.1, -0.05) is 66.7 Å². The third-order valence-corrected chi connectivity index (χ3v) is 7.59. The van der Waals surface area contributed by atoms with Gasteiger partial charge in [-0.25, -0.2) is 0 Å². The number of ketones is 1. The Morgan fingerprint density at radius 2 is 2.07 bits per heavy atom. The van der Waals surface area contributed by atoms with E-state index < -0.39 is 5.92 Å². The number of carbonyl (C=O) groups excluding carboxylic acids is 1. The number of rotatable bonds is 3. The topological polar surface area (TPSA) is 95.9 Å². The Labute approximate surface area is 188 Å². The number of benzene rings is 1. The number of nitrogens with two attached hydrogens (primary N) is 1. The molecule has 2 aromatic rings. The van der Waals surface area contributed by atoms with Gasteiger partial charge in [0.2, 0.25) is 5.13 Å². The maximum Gasteiger partial charge on any atom is 0.219 e. The van der Waals surface area contributed by atoms with Gasteiger partial charge in [-0.2, -0.15) is 5.26 Å². The Kier molecular flexibility index (Phi) is 5.39. The Bertz CT molecular complexity index is 1140. The van der Waals surface area contributed by atoms with Gasteiger partial charge in [0, 0.05) is 22.7 Å². The molecule has 2 N–H and O–H groups in total. The number of nitriles is 1. The lowest BCUT2D eigenvalue weighted by Gasteiger charge is -2.42. The number of aromatic nitrogens is 2. The number of thioether (sulfide) groups is 1. The Morgan fingerprint density at radius 3 is 2.70 bits per heavy atom. The Morgan fingerprint density at radius 1 is 1.33 bits per heavy atom. The summed E-state index contributed by atoms with van der Waals surface area (Å²) in [5.74, 6) is -0.312. The zero-order chi connectivity index (χ0) is 21.6. The van der Waals surface area contributed by atoms with Crippen molar-refractivity contribution < 1.29 is 4.79 Å². The van der Waals surface area contributed by atoms with E-state index in [0.717, 1.165) is 10.0 Å².